The highest BCUT2D eigenvalue weighted by atomic mass is 32.2. The maximum absolute atomic E-state index is 12.4. The Hall–Kier alpha value is -1.92. The second kappa shape index (κ2) is 8.64. The molecular formula is C20H20O4S2. The largest absolute Gasteiger partial charge is 0.497 e. The maximum Gasteiger partial charge on any atom is 0.338 e. The molecule has 1 aliphatic heterocycles. The molecule has 2 aromatic rings. The lowest BCUT2D eigenvalue weighted by molar-refractivity contribution is 0.0319. The van der Waals surface area contributed by atoms with Crippen LogP contribution in [-0.4, -0.2) is 36.5 Å². The van der Waals surface area contributed by atoms with E-state index >= 15 is 0 Å². The highest BCUT2D eigenvalue weighted by Gasteiger charge is 2.22. The molecule has 0 bridgehead atoms. The molecule has 0 spiro atoms. The number of carbonyl (C=O) groups excluding carboxylic acids is 2. The van der Waals surface area contributed by atoms with E-state index in [-0.39, 0.29) is 5.78 Å². The number of benzene rings is 2. The fraction of sp³-hybridized carbons (Fsp3) is 0.300. The molecule has 26 heavy (non-hydrogen) atoms. The third kappa shape index (κ3) is 4.43. The van der Waals surface area contributed by atoms with E-state index in [0.29, 0.717) is 21.5 Å². The van der Waals surface area contributed by atoms with Crippen molar-refractivity contribution in [1.29, 1.82) is 0 Å². The number of hydrogen-bond acceptors (Lipinski definition) is 6. The van der Waals surface area contributed by atoms with Gasteiger partial charge in [-0.2, -0.15) is 0 Å². The first-order chi connectivity index (χ1) is 12.6. The number of carbonyl (C=O) groups is 2. The minimum atomic E-state index is -0.850. The molecule has 0 amide bonds. The van der Waals surface area contributed by atoms with Crippen molar-refractivity contribution in [3.8, 4) is 5.75 Å². The van der Waals surface area contributed by atoms with Crippen molar-refractivity contribution in [3.05, 3.63) is 65.2 Å². The van der Waals surface area contributed by atoms with Crippen LogP contribution in [0.1, 0.15) is 37.8 Å². The van der Waals surface area contributed by atoms with E-state index in [9.17, 15) is 9.59 Å². The van der Waals surface area contributed by atoms with E-state index in [1.165, 1.54) is 5.56 Å². The summed E-state index contributed by atoms with van der Waals surface area (Å²) in [6, 6.07) is 14.2. The molecule has 1 atom stereocenters. The van der Waals surface area contributed by atoms with Crippen LogP contribution >= 0.6 is 23.5 Å². The number of methoxy groups -OCH3 is 1. The lowest BCUT2D eigenvalue weighted by atomic mass is 10.1. The van der Waals surface area contributed by atoms with Crippen molar-refractivity contribution in [3.63, 3.8) is 0 Å². The zero-order valence-electron chi connectivity index (χ0n) is 14.6. The van der Waals surface area contributed by atoms with Gasteiger partial charge < -0.3 is 9.47 Å². The number of ketones is 1. The first kappa shape index (κ1) is 18.9. The number of ether oxygens (including phenoxy) is 2. The van der Waals surface area contributed by atoms with Gasteiger partial charge in [0.05, 0.1) is 17.3 Å². The second-order valence-corrected chi connectivity index (χ2v) is 8.56. The first-order valence-corrected chi connectivity index (χ1v) is 10.4. The highest BCUT2D eigenvalue weighted by Crippen LogP contribution is 2.45. The number of rotatable bonds is 6. The van der Waals surface area contributed by atoms with E-state index in [1.54, 1.807) is 50.4 Å². The Morgan fingerprint density at radius 3 is 2.12 bits per heavy atom. The van der Waals surface area contributed by atoms with E-state index < -0.39 is 12.1 Å². The van der Waals surface area contributed by atoms with Crippen molar-refractivity contribution in [1.82, 2.24) is 0 Å². The number of Topliss-reactive ketones (excluding diaryl/α,β-unsaturated/α-hetero) is 1. The maximum atomic E-state index is 12.4. The molecular weight excluding hydrogens is 368 g/mol. The quantitative estimate of drug-likeness (QED) is 0.532. The molecule has 0 saturated carbocycles. The Balaban J connectivity index is 1.61. The van der Waals surface area contributed by atoms with E-state index in [1.807, 2.05) is 35.7 Å². The number of hydrogen-bond donors (Lipinski definition) is 0. The van der Waals surface area contributed by atoms with Crippen molar-refractivity contribution >= 4 is 35.3 Å². The van der Waals surface area contributed by atoms with Crippen LogP contribution in [0.4, 0.5) is 0 Å². The minimum Gasteiger partial charge on any atom is -0.497 e. The van der Waals surface area contributed by atoms with Crippen LogP contribution in [0, 0.1) is 0 Å². The number of thioether (sulfide) groups is 2. The van der Waals surface area contributed by atoms with Gasteiger partial charge in [-0.3, -0.25) is 4.79 Å². The fourth-order valence-electron chi connectivity index (χ4n) is 2.60. The standard InChI is InChI=1S/C20H20O4S2/c1-13(18(21)14-7-9-17(23-2)10-8-14)24-19(22)15-3-5-16(6-4-15)20-25-11-12-26-20/h3-10,13,20H,11-12H2,1-2H3/t13-/m0/s1. The summed E-state index contributed by atoms with van der Waals surface area (Å²) in [5, 5.41) is 0. The predicted molar refractivity (Wildman–Crippen MR) is 106 cm³/mol. The van der Waals surface area contributed by atoms with Gasteiger partial charge in [-0.05, 0) is 48.9 Å². The normalized spacial score (nSPS) is 15.5. The fourth-order valence-corrected chi connectivity index (χ4v) is 5.46. The summed E-state index contributed by atoms with van der Waals surface area (Å²) in [5.41, 5.74) is 2.14. The summed E-state index contributed by atoms with van der Waals surface area (Å²) < 4.78 is 10.9. The van der Waals surface area contributed by atoms with Crippen LogP contribution in [0.15, 0.2) is 48.5 Å². The molecule has 6 heteroatoms. The molecule has 1 heterocycles. The van der Waals surface area contributed by atoms with Crippen molar-refractivity contribution in [2.24, 2.45) is 0 Å². The predicted octanol–water partition coefficient (Wildman–Crippen LogP) is 4.60. The van der Waals surface area contributed by atoms with Gasteiger partial charge in [-0.25, -0.2) is 4.79 Å². The van der Waals surface area contributed by atoms with Crippen LogP contribution in [0.3, 0.4) is 0 Å². The topological polar surface area (TPSA) is 52.6 Å². The van der Waals surface area contributed by atoms with Crippen LogP contribution in [-0.2, 0) is 4.74 Å². The van der Waals surface area contributed by atoms with Gasteiger partial charge in [-0.15, -0.1) is 23.5 Å². The minimum absolute atomic E-state index is 0.239. The van der Waals surface area contributed by atoms with Crippen molar-refractivity contribution in [2.45, 2.75) is 17.6 Å². The number of esters is 1. The van der Waals surface area contributed by atoms with Gasteiger partial charge in [-0.1, -0.05) is 12.1 Å². The molecule has 0 radical (unpaired) electrons. The zero-order valence-corrected chi connectivity index (χ0v) is 16.3. The Labute approximate surface area is 161 Å². The van der Waals surface area contributed by atoms with Crippen molar-refractivity contribution in [2.75, 3.05) is 18.6 Å². The van der Waals surface area contributed by atoms with Crippen LogP contribution in [0.2, 0.25) is 0 Å². The Morgan fingerprint density at radius 2 is 1.54 bits per heavy atom. The van der Waals surface area contributed by atoms with Crippen LogP contribution in [0.5, 0.6) is 5.75 Å². The summed E-state index contributed by atoms with van der Waals surface area (Å²) in [5.74, 6) is 2.26. The Morgan fingerprint density at radius 1 is 0.962 bits per heavy atom. The smallest absolute Gasteiger partial charge is 0.338 e. The van der Waals surface area contributed by atoms with Gasteiger partial charge in [0.2, 0.25) is 5.78 Å². The highest BCUT2D eigenvalue weighted by molar-refractivity contribution is 8.19. The van der Waals surface area contributed by atoms with Crippen LogP contribution in [0.25, 0.3) is 0 Å². The first-order valence-electron chi connectivity index (χ1n) is 8.31. The third-order valence-electron chi connectivity index (χ3n) is 4.07. The van der Waals surface area contributed by atoms with E-state index in [4.69, 9.17) is 9.47 Å². The summed E-state index contributed by atoms with van der Waals surface area (Å²) in [6.07, 6.45) is -0.850. The molecule has 0 aliphatic carbocycles. The molecule has 1 fully saturated rings. The SMILES string of the molecule is COc1ccc(C(=O)[C@H](C)OC(=O)c2ccc(C3SCCS3)cc2)cc1. The summed E-state index contributed by atoms with van der Waals surface area (Å²) in [4.78, 5) is 24.7. The summed E-state index contributed by atoms with van der Waals surface area (Å²) in [7, 11) is 1.57. The lowest BCUT2D eigenvalue weighted by Crippen LogP contribution is -2.24. The van der Waals surface area contributed by atoms with Crippen molar-refractivity contribution < 1.29 is 19.1 Å². The molecule has 1 aliphatic rings. The summed E-state index contributed by atoms with van der Waals surface area (Å²) >= 11 is 3.84. The molecule has 0 aromatic heterocycles. The zero-order chi connectivity index (χ0) is 18.5. The Kier molecular flexibility index (Phi) is 6.27. The van der Waals surface area contributed by atoms with E-state index in [2.05, 4.69) is 0 Å². The lowest BCUT2D eigenvalue weighted by Gasteiger charge is -2.13. The van der Waals surface area contributed by atoms with Gasteiger partial charge in [0, 0.05) is 17.1 Å². The Bertz CT molecular complexity index is 765. The molecule has 136 valence electrons. The van der Waals surface area contributed by atoms with Crippen LogP contribution < -0.4 is 4.74 Å². The molecule has 1 saturated heterocycles. The van der Waals surface area contributed by atoms with Gasteiger partial charge in [0.15, 0.2) is 6.10 Å². The molecule has 3 rings (SSSR count). The molecule has 4 nitrogen and oxygen atoms in total. The molecule has 0 N–H and O–H groups in total. The second-order valence-electron chi connectivity index (χ2n) is 5.84. The molecule has 2 aromatic carbocycles. The summed E-state index contributed by atoms with van der Waals surface area (Å²) in [6.45, 7) is 1.59. The monoisotopic (exact) mass is 388 g/mol. The van der Waals surface area contributed by atoms with E-state index in [0.717, 1.165) is 11.5 Å². The third-order valence-corrected chi connectivity index (χ3v) is 7.17. The average Bonchev–Trinajstić information content (AvgIpc) is 3.22. The van der Waals surface area contributed by atoms with Gasteiger partial charge in [0.1, 0.15) is 5.75 Å². The average molecular weight is 389 g/mol. The van der Waals surface area contributed by atoms with Gasteiger partial charge >= 0.3 is 5.97 Å². The molecule has 0 unspecified atom stereocenters. The van der Waals surface area contributed by atoms with Gasteiger partial charge in [0.25, 0.3) is 0 Å².